The van der Waals surface area contributed by atoms with Crippen molar-refractivity contribution in [2.45, 2.75) is 58.4 Å². The standard InChI is InChI=1S/C22H33N5O3/c1-15-16(2)23-20(24-21(15)25-11-13-30-14-12-25)18-6-9-26(10-7-18)22(29)17(3)27-8-4-5-19(27)28/h17-18H,4-14H2,1-3H3/t17-/m0/s1. The van der Waals surface area contributed by atoms with Gasteiger partial charge in [-0.3, -0.25) is 9.59 Å². The Morgan fingerprint density at radius 2 is 1.77 bits per heavy atom. The topological polar surface area (TPSA) is 78.9 Å². The molecule has 0 aliphatic carbocycles. The summed E-state index contributed by atoms with van der Waals surface area (Å²) in [6.45, 7) is 11.3. The Morgan fingerprint density at radius 3 is 2.40 bits per heavy atom. The van der Waals surface area contributed by atoms with E-state index >= 15 is 0 Å². The minimum absolute atomic E-state index is 0.0683. The second-order valence-corrected chi connectivity index (χ2v) is 8.68. The van der Waals surface area contributed by atoms with Crippen LogP contribution in [0.5, 0.6) is 0 Å². The predicted molar refractivity (Wildman–Crippen MR) is 114 cm³/mol. The summed E-state index contributed by atoms with van der Waals surface area (Å²) in [5.74, 6) is 2.36. The Kier molecular flexibility index (Phi) is 6.22. The molecular weight excluding hydrogens is 382 g/mol. The minimum Gasteiger partial charge on any atom is -0.378 e. The summed E-state index contributed by atoms with van der Waals surface area (Å²) in [7, 11) is 0. The molecule has 8 nitrogen and oxygen atoms in total. The Labute approximate surface area is 178 Å². The third-order valence-electron chi connectivity index (χ3n) is 6.80. The largest absolute Gasteiger partial charge is 0.378 e. The van der Waals surface area contributed by atoms with Crippen molar-refractivity contribution in [3.63, 3.8) is 0 Å². The van der Waals surface area contributed by atoms with Crippen LogP contribution in [0.15, 0.2) is 0 Å². The molecule has 0 saturated carbocycles. The van der Waals surface area contributed by atoms with Crippen molar-refractivity contribution in [3.05, 3.63) is 17.1 Å². The van der Waals surface area contributed by atoms with Gasteiger partial charge >= 0.3 is 0 Å². The second-order valence-electron chi connectivity index (χ2n) is 8.68. The van der Waals surface area contributed by atoms with Crippen LogP contribution in [0.1, 0.15) is 55.6 Å². The van der Waals surface area contributed by atoms with E-state index < -0.39 is 0 Å². The average Bonchev–Trinajstić information content (AvgIpc) is 3.21. The SMILES string of the molecule is Cc1nc(C2CCN(C(=O)[C@H](C)N3CCCC3=O)CC2)nc(N2CCOCC2)c1C. The Balaban J connectivity index is 1.42. The average molecular weight is 416 g/mol. The lowest BCUT2D eigenvalue weighted by Gasteiger charge is -2.35. The van der Waals surface area contributed by atoms with Crippen LogP contribution in [0.3, 0.4) is 0 Å². The van der Waals surface area contributed by atoms with Crippen molar-refractivity contribution in [2.75, 3.05) is 50.8 Å². The van der Waals surface area contributed by atoms with Gasteiger partial charge in [0.25, 0.3) is 0 Å². The van der Waals surface area contributed by atoms with Gasteiger partial charge in [0.1, 0.15) is 17.7 Å². The number of ether oxygens (including phenoxy) is 1. The van der Waals surface area contributed by atoms with Gasteiger partial charge in [0.05, 0.1) is 13.2 Å². The number of likely N-dealkylation sites (tertiary alicyclic amines) is 2. The summed E-state index contributed by atoms with van der Waals surface area (Å²) in [6.07, 6.45) is 3.14. The third-order valence-corrected chi connectivity index (χ3v) is 6.80. The maximum Gasteiger partial charge on any atom is 0.245 e. The van der Waals surface area contributed by atoms with Crippen LogP contribution in [0.25, 0.3) is 0 Å². The van der Waals surface area contributed by atoms with E-state index in [4.69, 9.17) is 14.7 Å². The highest BCUT2D eigenvalue weighted by atomic mass is 16.5. The smallest absolute Gasteiger partial charge is 0.245 e. The van der Waals surface area contributed by atoms with Crippen molar-refractivity contribution in [2.24, 2.45) is 0 Å². The zero-order chi connectivity index (χ0) is 21.3. The fraction of sp³-hybridized carbons (Fsp3) is 0.727. The van der Waals surface area contributed by atoms with E-state index in [0.717, 1.165) is 68.5 Å². The number of amides is 2. The van der Waals surface area contributed by atoms with E-state index in [1.165, 1.54) is 0 Å². The Hall–Kier alpha value is -2.22. The molecule has 3 aliphatic rings. The lowest BCUT2D eigenvalue weighted by Crippen LogP contribution is -2.49. The zero-order valence-electron chi connectivity index (χ0n) is 18.4. The van der Waals surface area contributed by atoms with Gasteiger partial charge in [0.2, 0.25) is 11.8 Å². The van der Waals surface area contributed by atoms with Crippen molar-refractivity contribution in [3.8, 4) is 0 Å². The van der Waals surface area contributed by atoms with Crippen LogP contribution in [-0.4, -0.2) is 83.6 Å². The second kappa shape index (κ2) is 8.88. The number of aromatic nitrogens is 2. The lowest BCUT2D eigenvalue weighted by molar-refractivity contribution is -0.143. The molecule has 2 amide bonds. The molecule has 0 radical (unpaired) electrons. The van der Waals surface area contributed by atoms with E-state index in [1.807, 2.05) is 11.8 Å². The fourth-order valence-corrected chi connectivity index (χ4v) is 4.73. The molecule has 8 heteroatoms. The quantitative estimate of drug-likeness (QED) is 0.744. The van der Waals surface area contributed by atoms with Crippen molar-refractivity contribution < 1.29 is 14.3 Å². The van der Waals surface area contributed by atoms with Crippen LogP contribution < -0.4 is 4.90 Å². The molecule has 0 aromatic carbocycles. The van der Waals surface area contributed by atoms with Gasteiger partial charge in [-0.15, -0.1) is 0 Å². The molecule has 3 aliphatic heterocycles. The Bertz CT molecular complexity index is 800. The van der Waals surface area contributed by atoms with Crippen molar-refractivity contribution >= 4 is 17.6 Å². The molecule has 3 saturated heterocycles. The maximum atomic E-state index is 12.9. The monoisotopic (exact) mass is 415 g/mol. The molecule has 4 heterocycles. The molecule has 164 valence electrons. The highest BCUT2D eigenvalue weighted by Gasteiger charge is 2.34. The van der Waals surface area contributed by atoms with E-state index in [2.05, 4.69) is 18.7 Å². The molecule has 1 atom stereocenters. The number of nitrogens with zero attached hydrogens (tertiary/aromatic N) is 5. The van der Waals surface area contributed by atoms with E-state index in [9.17, 15) is 9.59 Å². The van der Waals surface area contributed by atoms with E-state index in [1.54, 1.807) is 4.90 Å². The highest BCUT2D eigenvalue weighted by molar-refractivity contribution is 5.88. The van der Waals surface area contributed by atoms with Crippen molar-refractivity contribution in [1.82, 2.24) is 19.8 Å². The number of rotatable bonds is 4. The summed E-state index contributed by atoms with van der Waals surface area (Å²) in [5.41, 5.74) is 2.17. The first kappa shape index (κ1) is 21.0. The molecular formula is C22H33N5O3. The lowest BCUT2D eigenvalue weighted by atomic mass is 9.95. The normalized spacial score (nSPS) is 22.0. The summed E-state index contributed by atoms with van der Waals surface area (Å²) in [4.78, 5) is 40.6. The van der Waals surface area contributed by atoms with Gasteiger partial charge in [-0.1, -0.05) is 0 Å². The summed E-state index contributed by atoms with van der Waals surface area (Å²) >= 11 is 0. The van der Waals surface area contributed by atoms with Gasteiger partial charge in [-0.05, 0) is 40.0 Å². The molecule has 4 rings (SSSR count). The first-order valence-corrected chi connectivity index (χ1v) is 11.2. The highest BCUT2D eigenvalue weighted by Crippen LogP contribution is 2.30. The van der Waals surface area contributed by atoms with Gasteiger partial charge in [0.15, 0.2) is 0 Å². The molecule has 1 aromatic rings. The first-order valence-electron chi connectivity index (χ1n) is 11.2. The summed E-state index contributed by atoms with van der Waals surface area (Å²) in [6, 6.07) is -0.359. The zero-order valence-corrected chi connectivity index (χ0v) is 18.4. The van der Waals surface area contributed by atoms with Gasteiger partial charge in [-0.25, -0.2) is 9.97 Å². The third kappa shape index (κ3) is 4.15. The molecule has 1 aromatic heterocycles. The van der Waals surface area contributed by atoms with Crippen molar-refractivity contribution in [1.29, 1.82) is 0 Å². The Morgan fingerprint density at radius 1 is 1.07 bits per heavy atom. The van der Waals surface area contributed by atoms with Crippen LogP contribution in [0, 0.1) is 13.8 Å². The van der Waals surface area contributed by atoms with E-state index in [-0.39, 0.29) is 23.8 Å². The number of piperidine rings is 1. The molecule has 0 spiro atoms. The number of aryl methyl sites for hydroxylation is 1. The summed E-state index contributed by atoms with van der Waals surface area (Å²) < 4.78 is 5.49. The summed E-state index contributed by atoms with van der Waals surface area (Å²) in [5, 5.41) is 0. The molecule has 0 unspecified atom stereocenters. The number of carbonyl (C=O) groups excluding carboxylic acids is 2. The van der Waals surface area contributed by atoms with Crippen LogP contribution in [-0.2, 0) is 14.3 Å². The maximum absolute atomic E-state index is 12.9. The number of hydrogen-bond acceptors (Lipinski definition) is 6. The first-order chi connectivity index (χ1) is 14.5. The number of carbonyl (C=O) groups is 2. The van der Waals surface area contributed by atoms with Crippen LogP contribution in [0.2, 0.25) is 0 Å². The number of anilines is 1. The fourth-order valence-electron chi connectivity index (χ4n) is 4.73. The van der Waals surface area contributed by atoms with Gasteiger partial charge in [0, 0.05) is 56.3 Å². The minimum atomic E-state index is -0.359. The van der Waals surface area contributed by atoms with Gasteiger partial charge in [-0.2, -0.15) is 0 Å². The van der Waals surface area contributed by atoms with Gasteiger partial charge < -0.3 is 19.4 Å². The predicted octanol–water partition coefficient (Wildman–Crippen LogP) is 1.65. The number of morpholine rings is 1. The molecule has 30 heavy (non-hydrogen) atoms. The number of hydrogen-bond donors (Lipinski definition) is 0. The van der Waals surface area contributed by atoms with Crippen LogP contribution in [0.4, 0.5) is 5.82 Å². The van der Waals surface area contributed by atoms with Crippen LogP contribution >= 0.6 is 0 Å². The molecule has 0 bridgehead atoms. The van der Waals surface area contributed by atoms with E-state index in [0.29, 0.717) is 26.1 Å². The molecule has 0 N–H and O–H groups in total. The molecule has 3 fully saturated rings.